The maximum Gasteiger partial charge on any atom is 0.219 e. The lowest BCUT2D eigenvalue weighted by Crippen LogP contribution is -2.28. The first-order valence-corrected chi connectivity index (χ1v) is 11.0. The number of benzene rings is 1. The predicted molar refractivity (Wildman–Crippen MR) is 110 cm³/mol. The highest BCUT2D eigenvalue weighted by molar-refractivity contribution is 7.92. The quantitative estimate of drug-likeness (QED) is 0.821. The van der Waals surface area contributed by atoms with Crippen molar-refractivity contribution < 1.29 is 17.6 Å². The van der Waals surface area contributed by atoms with Gasteiger partial charge in [0.2, 0.25) is 5.91 Å². The minimum Gasteiger partial charge on any atom is -0.377 e. The second-order valence-electron chi connectivity index (χ2n) is 8.27. The Balaban J connectivity index is 1.88. The molecule has 0 spiro atoms. The molecule has 1 unspecified atom stereocenters. The molecule has 1 aliphatic rings. The fourth-order valence-corrected chi connectivity index (χ4v) is 4.40. The van der Waals surface area contributed by atoms with Crippen molar-refractivity contribution in [1.82, 2.24) is 9.88 Å². The summed E-state index contributed by atoms with van der Waals surface area (Å²) >= 11 is 0. The van der Waals surface area contributed by atoms with Crippen LogP contribution in [-0.4, -0.2) is 35.5 Å². The van der Waals surface area contributed by atoms with E-state index < -0.39 is 14.6 Å². The molecule has 1 aliphatic heterocycles. The first-order valence-electron chi connectivity index (χ1n) is 9.50. The van der Waals surface area contributed by atoms with Gasteiger partial charge in [-0.25, -0.2) is 17.8 Å². The summed E-state index contributed by atoms with van der Waals surface area (Å²) in [6, 6.07) is 7.63. The lowest BCUT2D eigenvalue weighted by atomic mass is 9.99. The standard InChI is InChI=1S/C21H26FN3O3S/c1-14(26)25-10-9-19(18-7-5-16(22)11-15(18)13-25)24-17-6-8-20(23-12-17)29(27,28)21(2,3)4/h5-8,11-12,19,24H,9-10,13H2,1-4H3. The number of pyridine rings is 1. The van der Waals surface area contributed by atoms with Gasteiger partial charge in [0.1, 0.15) is 5.82 Å². The molecule has 0 radical (unpaired) electrons. The molecule has 0 bridgehead atoms. The molecule has 0 aliphatic carbocycles. The Kier molecular flexibility index (Phi) is 5.67. The van der Waals surface area contributed by atoms with E-state index in [1.165, 1.54) is 31.3 Å². The van der Waals surface area contributed by atoms with Crippen molar-refractivity contribution in [1.29, 1.82) is 0 Å². The minimum atomic E-state index is -3.53. The van der Waals surface area contributed by atoms with Crippen LogP contribution in [0.4, 0.5) is 10.1 Å². The molecule has 0 saturated heterocycles. The Morgan fingerprint density at radius 3 is 2.55 bits per heavy atom. The zero-order valence-electron chi connectivity index (χ0n) is 17.1. The number of fused-ring (bicyclic) bond motifs is 1. The molecular weight excluding hydrogens is 393 g/mol. The van der Waals surface area contributed by atoms with E-state index in [2.05, 4.69) is 10.3 Å². The number of anilines is 1. The number of sulfone groups is 1. The third-order valence-electron chi connectivity index (χ3n) is 5.13. The van der Waals surface area contributed by atoms with Gasteiger partial charge in [0.05, 0.1) is 22.7 Å². The van der Waals surface area contributed by atoms with Gasteiger partial charge >= 0.3 is 0 Å². The molecule has 1 atom stereocenters. The number of aromatic nitrogens is 1. The lowest BCUT2D eigenvalue weighted by molar-refractivity contribution is -0.129. The molecule has 8 heteroatoms. The van der Waals surface area contributed by atoms with Crippen LogP contribution in [0.5, 0.6) is 0 Å². The molecule has 1 aromatic carbocycles. The number of nitrogens with one attached hydrogen (secondary N) is 1. The molecule has 29 heavy (non-hydrogen) atoms. The van der Waals surface area contributed by atoms with Gasteiger partial charge in [-0.2, -0.15) is 0 Å². The third-order valence-corrected chi connectivity index (χ3v) is 7.54. The highest BCUT2D eigenvalue weighted by Crippen LogP contribution is 2.31. The summed E-state index contributed by atoms with van der Waals surface area (Å²) in [5, 5.41) is 3.38. The zero-order chi connectivity index (χ0) is 21.4. The normalized spacial score (nSPS) is 17.4. The van der Waals surface area contributed by atoms with Crippen LogP contribution >= 0.6 is 0 Å². The second kappa shape index (κ2) is 7.74. The summed E-state index contributed by atoms with van der Waals surface area (Å²) in [4.78, 5) is 17.7. The number of carbonyl (C=O) groups is 1. The summed E-state index contributed by atoms with van der Waals surface area (Å²) in [5.74, 6) is -0.398. The fraction of sp³-hybridized carbons (Fsp3) is 0.429. The average molecular weight is 420 g/mol. The Labute approximate surface area is 171 Å². The smallest absolute Gasteiger partial charge is 0.219 e. The summed E-state index contributed by atoms with van der Waals surface area (Å²) in [5.41, 5.74) is 2.34. The van der Waals surface area contributed by atoms with Crippen LogP contribution in [0.25, 0.3) is 0 Å². The number of nitrogens with zero attached hydrogens (tertiary/aromatic N) is 2. The zero-order valence-corrected chi connectivity index (χ0v) is 17.9. The second-order valence-corrected chi connectivity index (χ2v) is 10.9. The van der Waals surface area contributed by atoms with E-state index in [0.29, 0.717) is 25.2 Å². The first-order chi connectivity index (χ1) is 13.5. The summed E-state index contributed by atoms with van der Waals surface area (Å²) < 4.78 is 37.9. The maximum absolute atomic E-state index is 13.8. The van der Waals surface area contributed by atoms with Gasteiger partial charge in [-0.3, -0.25) is 4.79 Å². The van der Waals surface area contributed by atoms with Crippen molar-refractivity contribution in [3.8, 4) is 0 Å². The number of halogens is 1. The molecule has 1 aromatic heterocycles. The van der Waals surface area contributed by atoms with Crippen LogP contribution in [-0.2, 0) is 21.2 Å². The number of hydrogen-bond acceptors (Lipinski definition) is 5. The van der Waals surface area contributed by atoms with E-state index in [-0.39, 0.29) is 22.8 Å². The van der Waals surface area contributed by atoms with Crippen LogP contribution < -0.4 is 5.32 Å². The summed E-state index contributed by atoms with van der Waals surface area (Å²) in [6.45, 7) is 7.31. The number of hydrogen-bond donors (Lipinski definition) is 1. The van der Waals surface area contributed by atoms with Crippen molar-refractivity contribution in [3.05, 3.63) is 53.5 Å². The monoisotopic (exact) mass is 419 g/mol. The SMILES string of the molecule is CC(=O)N1CCC(Nc2ccc(S(=O)(=O)C(C)(C)C)nc2)c2ccc(F)cc2C1. The molecule has 6 nitrogen and oxygen atoms in total. The average Bonchev–Trinajstić information content (AvgIpc) is 2.80. The molecular formula is C21H26FN3O3S. The number of rotatable bonds is 3. The van der Waals surface area contributed by atoms with Gasteiger partial charge in [0.25, 0.3) is 0 Å². The molecule has 0 saturated carbocycles. The van der Waals surface area contributed by atoms with Crippen LogP contribution in [0, 0.1) is 5.82 Å². The third kappa shape index (κ3) is 4.42. The van der Waals surface area contributed by atoms with Crippen molar-refractivity contribution >= 4 is 21.4 Å². The van der Waals surface area contributed by atoms with Gasteiger partial charge in [0, 0.05) is 20.0 Å². The largest absolute Gasteiger partial charge is 0.377 e. The topological polar surface area (TPSA) is 79.4 Å². The highest BCUT2D eigenvalue weighted by atomic mass is 32.2. The number of amides is 1. The summed E-state index contributed by atoms with van der Waals surface area (Å²) in [6.07, 6.45) is 2.13. The van der Waals surface area contributed by atoms with Crippen molar-refractivity contribution in [2.24, 2.45) is 0 Å². The van der Waals surface area contributed by atoms with Crippen molar-refractivity contribution in [3.63, 3.8) is 0 Å². The lowest BCUT2D eigenvalue weighted by Gasteiger charge is -2.21. The molecule has 2 heterocycles. The molecule has 0 fully saturated rings. The Bertz CT molecular complexity index is 1010. The van der Waals surface area contributed by atoms with Gasteiger partial charge in [-0.1, -0.05) is 6.07 Å². The van der Waals surface area contributed by atoms with Crippen LogP contribution in [0.1, 0.15) is 51.3 Å². The Morgan fingerprint density at radius 1 is 1.24 bits per heavy atom. The van der Waals surface area contributed by atoms with Crippen LogP contribution in [0.15, 0.2) is 41.6 Å². The minimum absolute atomic E-state index is 0.0293. The van der Waals surface area contributed by atoms with Crippen LogP contribution in [0.2, 0.25) is 0 Å². The van der Waals surface area contributed by atoms with E-state index in [9.17, 15) is 17.6 Å². The molecule has 1 N–H and O–H groups in total. The molecule has 2 aromatic rings. The van der Waals surface area contributed by atoms with E-state index >= 15 is 0 Å². The van der Waals surface area contributed by atoms with Gasteiger partial charge in [0.15, 0.2) is 14.9 Å². The fourth-order valence-electron chi connectivity index (χ4n) is 3.33. The molecule has 156 valence electrons. The summed E-state index contributed by atoms with van der Waals surface area (Å²) in [7, 11) is -3.53. The number of carbonyl (C=O) groups excluding carboxylic acids is 1. The van der Waals surface area contributed by atoms with E-state index in [4.69, 9.17) is 0 Å². The Morgan fingerprint density at radius 2 is 1.97 bits per heavy atom. The molecule has 3 rings (SSSR count). The van der Waals surface area contributed by atoms with Crippen LogP contribution in [0.3, 0.4) is 0 Å². The Hall–Kier alpha value is -2.48. The van der Waals surface area contributed by atoms with Gasteiger partial charge < -0.3 is 10.2 Å². The maximum atomic E-state index is 13.8. The van der Waals surface area contributed by atoms with E-state index in [0.717, 1.165) is 11.1 Å². The van der Waals surface area contributed by atoms with Gasteiger partial charge in [-0.05, 0) is 62.6 Å². The van der Waals surface area contributed by atoms with Crippen molar-refractivity contribution in [2.75, 3.05) is 11.9 Å². The van der Waals surface area contributed by atoms with E-state index in [1.54, 1.807) is 37.8 Å². The highest BCUT2D eigenvalue weighted by Gasteiger charge is 2.32. The first kappa shape index (κ1) is 21.2. The van der Waals surface area contributed by atoms with Crippen molar-refractivity contribution in [2.45, 2.75) is 56.5 Å². The van der Waals surface area contributed by atoms with Gasteiger partial charge in [-0.15, -0.1) is 0 Å². The molecule has 1 amide bonds. The van der Waals surface area contributed by atoms with E-state index in [1.807, 2.05) is 0 Å². The predicted octanol–water partition coefficient (Wildman–Crippen LogP) is 3.70.